The summed E-state index contributed by atoms with van der Waals surface area (Å²) in [6, 6.07) is 1.50. The molecular formula is C15H31N3. The zero-order valence-corrected chi connectivity index (χ0v) is 12.5. The molecule has 2 aliphatic heterocycles. The van der Waals surface area contributed by atoms with Gasteiger partial charge in [-0.25, -0.2) is 0 Å². The summed E-state index contributed by atoms with van der Waals surface area (Å²) in [5.74, 6) is 0.795. The van der Waals surface area contributed by atoms with E-state index in [1.54, 1.807) is 0 Å². The number of nitrogens with one attached hydrogen (secondary N) is 1. The second-order valence-corrected chi connectivity index (χ2v) is 6.55. The fourth-order valence-corrected chi connectivity index (χ4v) is 3.54. The van der Waals surface area contributed by atoms with Gasteiger partial charge >= 0.3 is 0 Å². The van der Waals surface area contributed by atoms with Crippen molar-refractivity contribution in [3.63, 3.8) is 0 Å². The molecule has 2 rings (SSSR count). The van der Waals surface area contributed by atoms with E-state index in [4.69, 9.17) is 0 Å². The maximum absolute atomic E-state index is 3.54. The highest BCUT2D eigenvalue weighted by Gasteiger charge is 2.27. The van der Waals surface area contributed by atoms with Crippen LogP contribution in [0.1, 0.15) is 40.0 Å². The van der Waals surface area contributed by atoms with Crippen LogP contribution in [-0.4, -0.2) is 61.2 Å². The molecular weight excluding hydrogens is 222 g/mol. The molecule has 2 atom stereocenters. The van der Waals surface area contributed by atoms with Crippen LogP contribution in [0.15, 0.2) is 0 Å². The maximum atomic E-state index is 3.54. The Morgan fingerprint density at radius 3 is 2.83 bits per heavy atom. The Labute approximate surface area is 113 Å². The van der Waals surface area contributed by atoms with E-state index in [1.807, 2.05) is 0 Å². The first kappa shape index (κ1) is 14.3. The highest BCUT2D eigenvalue weighted by molar-refractivity contribution is 4.83. The standard InChI is InChI=1S/C15H31N3/c1-13(2)18-8-5-4-6-15(18)12-17-9-7-16-10-14(3)11-17/h13-16H,4-12H2,1-3H3. The van der Waals surface area contributed by atoms with Crippen LogP contribution < -0.4 is 5.32 Å². The number of rotatable bonds is 3. The molecule has 2 unspecified atom stereocenters. The fraction of sp³-hybridized carbons (Fsp3) is 1.00. The lowest BCUT2D eigenvalue weighted by atomic mass is 9.99. The number of likely N-dealkylation sites (tertiary alicyclic amines) is 1. The van der Waals surface area contributed by atoms with Crippen molar-refractivity contribution in [3.05, 3.63) is 0 Å². The Balaban J connectivity index is 1.89. The van der Waals surface area contributed by atoms with Crippen LogP contribution in [0.3, 0.4) is 0 Å². The van der Waals surface area contributed by atoms with Gasteiger partial charge in [0.15, 0.2) is 0 Å². The molecule has 0 aromatic rings. The average Bonchev–Trinajstić information content (AvgIpc) is 2.54. The molecule has 18 heavy (non-hydrogen) atoms. The lowest BCUT2D eigenvalue weighted by Crippen LogP contribution is -2.50. The molecule has 2 saturated heterocycles. The van der Waals surface area contributed by atoms with Crippen molar-refractivity contribution < 1.29 is 0 Å². The number of hydrogen-bond acceptors (Lipinski definition) is 3. The fourth-order valence-electron chi connectivity index (χ4n) is 3.54. The van der Waals surface area contributed by atoms with Crippen LogP contribution in [0.25, 0.3) is 0 Å². The van der Waals surface area contributed by atoms with Gasteiger partial charge in [-0.15, -0.1) is 0 Å². The first-order valence-corrected chi connectivity index (χ1v) is 7.85. The van der Waals surface area contributed by atoms with Crippen LogP contribution in [0.4, 0.5) is 0 Å². The second kappa shape index (κ2) is 6.88. The van der Waals surface area contributed by atoms with Crippen LogP contribution >= 0.6 is 0 Å². The number of piperidine rings is 1. The van der Waals surface area contributed by atoms with E-state index >= 15 is 0 Å². The largest absolute Gasteiger partial charge is 0.315 e. The summed E-state index contributed by atoms with van der Waals surface area (Å²) >= 11 is 0. The third-order valence-electron chi connectivity index (χ3n) is 4.47. The molecule has 2 heterocycles. The Morgan fingerprint density at radius 2 is 2.06 bits per heavy atom. The molecule has 0 aliphatic carbocycles. The number of hydrogen-bond donors (Lipinski definition) is 1. The molecule has 0 bridgehead atoms. The molecule has 3 nitrogen and oxygen atoms in total. The minimum absolute atomic E-state index is 0.706. The lowest BCUT2D eigenvalue weighted by molar-refractivity contribution is 0.0769. The van der Waals surface area contributed by atoms with Gasteiger partial charge < -0.3 is 10.2 Å². The van der Waals surface area contributed by atoms with Gasteiger partial charge in [0, 0.05) is 38.3 Å². The normalized spacial score (nSPS) is 32.7. The van der Waals surface area contributed by atoms with E-state index in [0.717, 1.165) is 12.0 Å². The first-order valence-electron chi connectivity index (χ1n) is 7.85. The summed E-state index contributed by atoms with van der Waals surface area (Å²) in [7, 11) is 0. The monoisotopic (exact) mass is 253 g/mol. The van der Waals surface area contributed by atoms with Crippen molar-refractivity contribution in [3.8, 4) is 0 Å². The molecule has 3 heteroatoms. The molecule has 0 spiro atoms. The Bertz CT molecular complexity index is 242. The van der Waals surface area contributed by atoms with Gasteiger partial charge in [0.1, 0.15) is 0 Å². The van der Waals surface area contributed by atoms with E-state index in [0.29, 0.717) is 6.04 Å². The molecule has 1 N–H and O–H groups in total. The van der Waals surface area contributed by atoms with E-state index in [1.165, 1.54) is 58.5 Å². The Morgan fingerprint density at radius 1 is 1.22 bits per heavy atom. The Kier molecular flexibility index (Phi) is 5.46. The zero-order chi connectivity index (χ0) is 13.0. The van der Waals surface area contributed by atoms with Crippen molar-refractivity contribution in [1.82, 2.24) is 15.1 Å². The van der Waals surface area contributed by atoms with E-state index < -0.39 is 0 Å². The highest BCUT2D eigenvalue weighted by atomic mass is 15.2. The van der Waals surface area contributed by atoms with Gasteiger partial charge in [0.05, 0.1) is 0 Å². The van der Waals surface area contributed by atoms with Crippen molar-refractivity contribution in [2.45, 2.75) is 52.1 Å². The summed E-state index contributed by atoms with van der Waals surface area (Å²) in [6.45, 7) is 14.5. The summed E-state index contributed by atoms with van der Waals surface area (Å²) in [5.41, 5.74) is 0. The molecule has 2 fully saturated rings. The molecule has 0 saturated carbocycles. The van der Waals surface area contributed by atoms with Crippen molar-refractivity contribution in [2.75, 3.05) is 39.3 Å². The highest BCUT2D eigenvalue weighted by Crippen LogP contribution is 2.21. The third-order valence-corrected chi connectivity index (χ3v) is 4.47. The topological polar surface area (TPSA) is 18.5 Å². The van der Waals surface area contributed by atoms with Gasteiger partial charge in [-0.3, -0.25) is 4.90 Å². The molecule has 0 aromatic heterocycles. The van der Waals surface area contributed by atoms with Crippen molar-refractivity contribution >= 4 is 0 Å². The Hall–Kier alpha value is -0.120. The second-order valence-electron chi connectivity index (χ2n) is 6.55. The van der Waals surface area contributed by atoms with Crippen LogP contribution in [0.5, 0.6) is 0 Å². The predicted octanol–water partition coefficient (Wildman–Crippen LogP) is 1.79. The third kappa shape index (κ3) is 3.94. The molecule has 0 aromatic carbocycles. The molecule has 0 amide bonds. The SMILES string of the molecule is CC1CNCCN(CC2CCCCN2C(C)C)C1. The van der Waals surface area contributed by atoms with Crippen LogP contribution in [0.2, 0.25) is 0 Å². The van der Waals surface area contributed by atoms with Gasteiger partial charge in [0.2, 0.25) is 0 Å². The van der Waals surface area contributed by atoms with Crippen LogP contribution in [-0.2, 0) is 0 Å². The van der Waals surface area contributed by atoms with Gasteiger partial charge in [-0.1, -0.05) is 13.3 Å². The minimum Gasteiger partial charge on any atom is -0.315 e. The summed E-state index contributed by atoms with van der Waals surface area (Å²) < 4.78 is 0. The smallest absolute Gasteiger partial charge is 0.0225 e. The van der Waals surface area contributed by atoms with Crippen molar-refractivity contribution in [1.29, 1.82) is 0 Å². The van der Waals surface area contributed by atoms with Gasteiger partial charge in [-0.05, 0) is 45.7 Å². The molecule has 106 valence electrons. The summed E-state index contributed by atoms with van der Waals surface area (Å²) in [4.78, 5) is 5.42. The van der Waals surface area contributed by atoms with Gasteiger partial charge in [0.25, 0.3) is 0 Å². The predicted molar refractivity (Wildman–Crippen MR) is 78.0 cm³/mol. The summed E-state index contributed by atoms with van der Waals surface area (Å²) in [5, 5.41) is 3.54. The minimum atomic E-state index is 0.706. The quantitative estimate of drug-likeness (QED) is 0.827. The number of nitrogens with zero attached hydrogens (tertiary/aromatic N) is 2. The maximum Gasteiger partial charge on any atom is 0.0225 e. The van der Waals surface area contributed by atoms with Gasteiger partial charge in [-0.2, -0.15) is 0 Å². The molecule has 2 aliphatic rings. The average molecular weight is 253 g/mol. The van der Waals surface area contributed by atoms with Crippen LogP contribution in [0, 0.1) is 5.92 Å². The van der Waals surface area contributed by atoms with Crippen molar-refractivity contribution in [2.24, 2.45) is 5.92 Å². The van der Waals surface area contributed by atoms with E-state index in [2.05, 4.69) is 35.9 Å². The lowest BCUT2D eigenvalue weighted by Gasteiger charge is -2.41. The summed E-state index contributed by atoms with van der Waals surface area (Å²) in [6.07, 6.45) is 4.22. The molecule has 0 radical (unpaired) electrons. The van der Waals surface area contributed by atoms with E-state index in [-0.39, 0.29) is 0 Å². The zero-order valence-electron chi connectivity index (χ0n) is 12.5. The van der Waals surface area contributed by atoms with E-state index in [9.17, 15) is 0 Å². The first-order chi connectivity index (χ1) is 8.66.